The molecule has 1 aromatic carbocycles. The third-order valence-corrected chi connectivity index (χ3v) is 3.03. The van der Waals surface area contributed by atoms with E-state index in [1.165, 1.54) is 7.11 Å². The molecule has 0 fully saturated rings. The zero-order valence-electron chi connectivity index (χ0n) is 11.9. The predicted molar refractivity (Wildman–Crippen MR) is 74.2 cm³/mol. The van der Waals surface area contributed by atoms with Crippen molar-refractivity contribution < 1.29 is 24.5 Å². The van der Waals surface area contributed by atoms with E-state index in [4.69, 9.17) is 14.6 Å². The number of hydrogen-bond acceptors (Lipinski definition) is 5. The van der Waals surface area contributed by atoms with E-state index >= 15 is 0 Å². The van der Waals surface area contributed by atoms with E-state index in [0.29, 0.717) is 23.6 Å². The third kappa shape index (κ3) is 4.40. The predicted octanol–water partition coefficient (Wildman–Crippen LogP) is 1.19. The number of aliphatic carboxylic acids is 1. The fraction of sp³-hybridized carbons (Fsp3) is 0.500. The minimum absolute atomic E-state index is 0.0169. The molecule has 20 heavy (non-hydrogen) atoms. The van der Waals surface area contributed by atoms with Crippen LogP contribution >= 0.6 is 0 Å². The van der Waals surface area contributed by atoms with Gasteiger partial charge >= 0.3 is 5.97 Å². The quantitative estimate of drug-likeness (QED) is 0.664. The maximum Gasteiger partial charge on any atom is 0.304 e. The van der Waals surface area contributed by atoms with Crippen molar-refractivity contribution in [2.24, 2.45) is 0 Å². The summed E-state index contributed by atoms with van der Waals surface area (Å²) >= 11 is 0. The first kappa shape index (κ1) is 16.3. The topological polar surface area (TPSA) is 88.0 Å². The Kier molecular flexibility index (Phi) is 6.27. The molecule has 2 unspecified atom stereocenters. The highest BCUT2D eigenvalue weighted by Crippen LogP contribution is 2.30. The van der Waals surface area contributed by atoms with Crippen LogP contribution in [0.4, 0.5) is 0 Å². The van der Waals surface area contributed by atoms with Gasteiger partial charge in [0.2, 0.25) is 0 Å². The van der Waals surface area contributed by atoms with Gasteiger partial charge in [-0.05, 0) is 24.6 Å². The largest absolute Gasteiger partial charge is 0.493 e. The van der Waals surface area contributed by atoms with Crippen LogP contribution in [0.3, 0.4) is 0 Å². The summed E-state index contributed by atoms with van der Waals surface area (Å²) in [5.74, 6) is 0.266. The van der Waals surface area contributed by atoms with Gasteiger partial charge in [0.15, 0.2) is 11.5 Å². The molecule has 0 amide bonds. The normalized spacial score (nSPS) is 13.6. The number of carbonyl (C=O) groups is 1. The van der Waals surface area contributed by atoms with E-state index in [1.54, 1.807) is 32.2 Å². The highest BCUT2D eigenvalue weighted by atomic mass is 16.5. The highest BCUT2D eigenvalue weighted by Gasteiger charge is 2.18. The van der Waals surface area contributed by atoms with Crippen molar-refractivity contribution in [3.63, 3.8) is 0 Å². The van der Waals surface area contributed by atoms with Crippen molar-refractivity contribution in [2.45, 2.75) is 25.5 Å². The van der Waals surface area contributed by atoms with Crippen molar-refractivity contribution in [3.8, 4) is 11.5 Å². The van der Waals surface area contributed by atoms with Gasteiger partial charge in [0.25, 0.3) is 0 Å². The van der Waals surface area contributed by atoms with Crippen molar-refractivity contribution in [2.75, 3.05) is 20.8 Å². The molecule has 1 rings (SSSR count). The van der Waals surface area contributed by atoms with Crippen LogP contribution in [0.25, 0.3) is 0 Å². The van der Waals surface area contributed by atoms with E-state index in [-0.39, 0.29) is 12.5 Å². The maximum absolute atomic E-state index is 10.4. The van der Waals surface area contributed by atoms with Gasteiger partial charge in [-0.25, -0.2) is 0 Å². The molecule has 0 aliphatic carbocycles. The summed E-state index contributed by atoms with van der Waals surface area (Å²) in [6.45, 7) is 2.10. The number of carboxylic acid groups (broad SMARTS) is 1. The summed E-state index contributed by atoms with van der Waals surface area (Å²) in [6, 6.07) is 4.91. The third-order valence-electron chi connectivity index (χ3n) is 3.03. The number of nitrogens with one attached hydrogen (secondary N) is 1. The van der Waals surface area contributed by atoms with Crippen LogP contribution < -0.4 is 14.8 Å². The molecule has 6 heteroatoms. The van der Waals surface area contributed by atoms with Crippen molar-refractivity contribution in [1.82, 2.24) is 5.32 Å². The Bertz CT molecular complexity index is 449. The van der Waals surface area contributed by atoms with Gasteiger partial charge in [-0.3, -0.25) is 4.79 Å². The first-order valence-corrected chi connectivity index (χ1v) is 6.34. The molecule has 0 saturated carbocycles. The summed E-state index contributed by atoms with van der Waals surface area (Å²) in [7, 11) is 3.08. The van der Waals surface area contributed by atoms with Crippen LogP contribution in [0.1, 0.15) is 25.0 Å². The Morgan fingerprint density at radius 1 is 1.30 bits per heavy atom. The molecule has 3 N–H and O–H groups in total. The second-order valence-electron chi connectivity index (χ2n) is 4.45. The number of benzene rings is 1. The average Bonchev–Trinajstić information content (AvgIpc) is 2.45. The average molecular weight is 283 g/mol. The monoisotopic (exact) mass is 283 g/mol. The minimum atomic E-state index is -0.870. The van der Waals surface area contributed by atoms with Crippen molar-refractivity contribution >= 4 is 5.97 Å². The van der Waals surface area contributed by atoms with E-state index in [2.05, 4.69) is 5.32 Å². The highest BCUT2D eigenvalue weighted by molar-refractivity contribution is 5.66. The van der Waals surface area contributed by atoms with Gasteiger partial charge < -0.3 is 25.0 Å². The number of carboxylic acids is 1. The molecule has 0 aromatic heterocycles. The van der Waals surface area contributed by atoms with Crippen molar-refractivity contribution in [1.29, 1.82) is 0 Å². The second-order valence-corrected chi connectivity index (χ2v) is 4.45. The lowest BCUT2D eigenvalue weighted by atomic mass is 10.0. The van der Waals surface area contributed by atoms with Crippen LogP contribution in [0, 0.1) is 0 Å². The van der Waals surface area contributed by atoms with Gasteiger partial charge in [-0.2, -0.15) is 0 Å². The molecule has 0 spiro atoms. The first-order chi connectivity index (χ1) is 9.49. The zero-order valence-corrected chi connectivity index (χ0v) is 11.9. The lowest BCUT2D eigenvalue weighted by Crippen LogP contribution is -2.33. The molecule has 0 aliphatic heterocycles. The Labute approximate surface area is 118 Å². The van der Waals surface area contributed by atoms with Crippen LogP contribution in [0.15, 0.2) is 18.2 Å². The molecule has 0 saturated heterocycles. The van der Waals surface area contributed by atoms with Crippen LogP contribution in [0.2, 0.25) is 0 Å². The number of aliphatic hydroxyl groups excluding tert-OH is 1. The fourth-order valence-corrected chi connectivity index (χ4v) is 1.84. The van der Waals surface area contributed by atoms with E-state index in [9.17, 15) is 9.90 Å². The molecule has 0 heterocycles. The minimum Gasteiger partial charge on any atom is -0.493 e. The Morgan fingerprint density at radius 3 is 2.50 bits per heavy atom. The molecular formula is C14H21NO5. The number of aliphatic hydroxyl groups is 1. The van der Waals surface area contributed by atoms with Crippen LogP contribution in [0.5, 0.6) is 11.5 Å². The maximum atomic E-state index is 10.4. The van der Waals surface area contributed by atoms with Crippen LogP contribution in [-0.4, -0.2) is 43.0 Å². The Morgan fingerprint density at radius 2 is 1.95 bits per heavy atom. The van der Waals surface area contributed by atoms with Gasteiger partial charge in [-0.15, -0.1) is 0 Å². The van der Waals surface area contributed by atoms with E-state index in [1.807, 2.05) is 0 Å². The molecule has 1 aromatic rings. The van der Waals surface area contributed by atoms with E-state index in [0.717, 1.165) is 0 Å². The lowest BCUT2D eigenvalue weighted by molar-refractivity contribution is -0.136. The molecule has 0 bridgehead atoms. The number of rotatable bonds is 8. The van der Waals surface area contributed by atoms with E-state index < -0.39 is 12.1 Å². The SMILES string of the molecule is COc1ccc(C(O)C(C)NCCC(=O)O)cc1OC. The van der Waals surface area contributed by atoms with Gasteiger partial charge in [0, 0.05) is 12.6 Å². The van der Waals surface area contributed by atoms with Gasteiger partial charge in [-0.1, -0.05) is 6.07 Å². The molecule has 0 radical (unpaired) electrons. The summed E-state index contributed by atoms with van der Waals surface area (Å²) in [5.41, 5.74) is 0.679. The zero-order chi connectivity index (χ0) is 15.1. The molecule has 6 nitrogen and oxygen atoms in total. The number of methoxy groups -OCH3 is 2. The number of ether oxygens (including phenoxy) is 2. The second kappa shape index (κ2) is 7.72. The standard InChI is InChI=1S/C14H21NO5/c1-9(15-7-6-13(16)17)14(18)10-4-5-11(19-2)12(8-10)20-3/h4-5,8-9,14-15,18H,6-7H2,1-3H3,(H,16,17). The molecule has 2 atom stereocenters. The Balaban J connectivity index is 2.70. The Hall–Kier alpha value is -1.79. The molecule has 0 aliphatic rings. The van der Waals surface area contributed by atoms with Crippen molar-refractivity contribution in [3.05, 3.63) is 23.8 Å². The molecular weight excluding hydrogens is 262 g/mol. The smallest absolute Gasteiger partial charge is 0.304 e. The summed E-state index contributed by atoms with van der Waals surface area (Å²) in [5, 5.41) is 21.8. The lowest BCUT2D eigenvalue weighted by Gasteiger charge is -2.21. The van der Waals surface area contributed by atoms with Gasteiger partial charge in [0.1, 0.15) is 0 Å². The molecule has 112 valence electrons. The fourth-order valence-electron chi connectivity index (χ4n) is 1.84. The summed E-state index contributed by atoms with van der Waals surface area (Å²) in [4.78, 5) is 10.4. The number of hydrogen-bond donors (Lipinski definition) is 3. The summed E-state index contributed by atoms with van der Waals surface area (Å²) < 4.78 is 10.3. The van der Waals surface area contributed by atoms with Crippen LogP contribution in [-0.2, 0) is 4.79 Å². The first-order valence-electron chi connectivity index (χ1n) is 6.34. The summed E-state index contributed by atoms with van der Waals surface area (Å²) in [6.07, 6.45) is -0.744. The van der Waals surface area contributed by atoms with Gasteiger partial charge in [0.05, 0.1) is 26.7 Å².